The number of rotatable bonds is 5. The monoisotopic (exact) mass is 312 g/mol. The smallest absolute Gasteiger partial charge is 0.119 e. The van der Waals surface area contributed by atoms with E-state index >= 15 is 0 Å². The Balaban J connectivity index is 1.59. The van der Waals surface area contributed by atoms with Gasteiger partial charge in [-0.3, -0.25) is 4.99 Å². The third-order valence-electron chi connectivity index (χ3n) is 3.49. The molecule has 3 aromatic carbocycles. The molecule has 0 radical (unpaired) electrons. The molecule has 0 aromatic heterocycles. The van der Waals surface area contributed by atoms with Gasteiger partial charge in [0.2, 0.25) is 0 Å². The van der Waals surface area contributed by atoms with Crippen molar-refractivity contribution in [3.05, 3.63) is 95.6 Å². The standard InChI is InChI=1S/C21H16N2O/c22-14-17-6-10-20(11-7-17)23-15-18-8-12-21(13-9-18)24-16-19-4-2-1-3-5-19/h1-13,15H,16H2. The Bertz CT molecular complexity index is 845. The number of ether oxygens (including phenoxy) is 1. The second-order valence-corrected chi connectivity index (χ2v) is 5.26. The summed E-state index contributed by atoms with van der Waals surface area (Å²) in [4.78, 5) is 4.40. The Kier molecular flexibility index (Phi) is 5.01. The molecule has 3 rings (SSSR count). The summed E-state index contributed by atoms with van der Waals surface area (Å²) in [7, 11) is 0. The van der Waals surface area contributed by atoms with Gasteiger partial charge < -0.3 is 4.74 Å². The predicted molar refractivity (Wildman–Crippen MR) is 95.6 cm³/mol. The van der Waals surface area contributed by atoms with Crippen LogP contribution >= 0.6 is 0 Å². The molecule has 0 aliphatic heterocycles. The van der Waals surface area contributed by atoms with Gasteiger partial charge in [-0.15, -0.1) is 0 Å². The van der Waals surface area contributed by atoms with Gasteiger partial charge >= 0.3 is 0 Å². The largest absolute Gasteiger partial charge is 0.489 e. The van der Waals surface area contributed by atoms with Crippen LogP contribution in [-0.4, -0.2) is 6.21 Å². The van der Waals surface area contributed by atoms with Crippen molar-refractivity contribution in [3.63, 3.8) is 0 Å². The van der Waals surface area contributed by atoms with Crippen molar-refractivity contribution in [2.75, 3.05) is 0 Å². The minimum Gasteiger partial charge on any atom is -0.489 e. The summed E-state index contributed by atoms with van der Waals surface area (Å²) in [6, 6.07) is 27.1. The second-order valence-electron chi connectivity index (χ2n) is 5.26. The highest BCUT2D eigenvalue weighted by Gasteiger charge is 1.96. The normalized spacial score (nSPS) is 10.5. The van der Waals surface area contributed by atoms with Crippen LogP contribution in [0.3, 0.4) is 0 Å². The van der Waals surface area contributed by atoms with Crippen molar-refractivity contribution in [3.8, 4) is 11.8 Å². The molecule has 116 valence electrons. The topological polar surface area (TPSA) is 45.4 Å². The fourth-order valence-electron chi connectivity index (χ4n) is 2.16. The van der Waals surface area contributed by atoms with Crippen LogP contribution < -0.4 is 4.74 Å². The highest BCUT2D eigenvalue weighted by Crippen LogP contribution is 2.15. The van der Waals surface area contributed by atoms with E-state index in [0.717, 1.165) is 22.6 Å². The molecule has 0 spiro atoms. The van der Waals surface area contributed by atoms with E-state index < -0.39 is 0 Å². The van der Waals surface area contributed by atoms with Crippen LogP contribution in [0.15, 0.2) is 83.9 Å². The molecule has 0 saturated carbocycles. The average molecular weight is 312 g/mol. The summed E-state index contributed by atoms with van der Waals surface area (Å²) in [5.74, 6) is 0.828. The Morgan fingerprint density at radius 1 is 0.875 bits per heavy atom. The van der Waals surface area contributed by atoms with Crippen LogP contribution in [0.2, 0.25) is 0 Å². The van der Waals surface area contributed by atoms with Gasteiger partial charge in [0, 0.05) is 6.21 Å². The number of aliphatic imine (C=N–C) groups is 1. The van der Waals surface area contributed by atoms with Gasteiger partial charge in [-0.05, 0) is 59.7 Å². The van der Waals surface area contributed by atoms with Gasteiger partial charge in [0.1, 0.15) is 12.4 Å². The number of nitrogens with zero attached hydrogens (tertiary/aromatic N) is 2. The van der Waals surface area contributed by atoms with Gasteiger partial charge in [-0.2, -0.15) is 5.26 Å². The number of nitriles is 1. The zero-order valence-corrected chi connectivity index (χ0v) is 13.1. The van der Waals surface area contributed by atoms with Gasteiger partial charge in [0.05, 0.1) is 17.3 Å². The summed E-state index contributed by atoms with van der Waals surface area (Å²) in [6.45, 7) is 0.555. The zero-order chi connectivity index (χ0) is 16.6. The van der Waals surface area contributed by atoms with Gasteiger partial charge in [-0.1, -0.05) is 30.3 Å². The van der Waals surface area contributed by atoms with Gasteiger partial charge in [-0.25, -0.2) is 0 Å². The molecule has 0 saturated heterocycles. The molecule has 0 fully saturated rings. The van der Waals surface area contributed by atoms with Crippen LogP contribution in [-0.2, 0) is 6.61 Å². The Hall–Kier alpha value is -3.38. The Morgan fingerprint density at radius 2 is 1.58 bits per heavy atom. The van der Waals surface area contributed by atoms with Crippen molar-refractivity contribution in [2.24, 2.45) is 4.99 Å². The molecule has 24 heavy (non-hydrogen) atoms. The molecule has 0 aliphatic rings. The minimum atomic E-state index is 0.555. The summed E-state index contributed by atoms with van der Waals surface area (Å²) < 4.78 is 5.76. The molecule has 0 amide bonds. The van der Waals surface area contributed by atoms with Gasteiger partial charge in [0.25, 0.3) is 0 Å². The summed E-state index contributed by atoms with van der Waals surface area (Å²) in [5.41, 5.74) is 3.59. The fraction of sp³-hybridized carbons (Fsp3) is 0.0476. The van der Waals surface area contributed by atoms with E-state index in [1.807, 2.05) is 66.7 Å². The highest BCUT2D eigenvalue weighted by molar-refractivity contribution is 5.82. The van der Waals surface area contributed by atoms with Crippen LogP contribution in [0, 0.1) is 11.3 Å². The molecule has 0 N–H and O–H groups in total. The van der Waals surface area contributed by atoms with Crippen molar-refractivity contribution in [2.45, 2.75) is 6.61 Å². The number of hydrogen-bond donors (Lipinski definition) is 0. The Morgan fingerprint density at radius 3 is 2.25 bits per heavy atom. The maximum Gasteiger partial charge on any atom is 0.119 e. The van der Waals surface area contributed by atoms with Crippen LogP contribution in [0.1, 0.15) is 16.7 Å². The van der Waals surface area contributed by atoms with E-state index in [1.165, 1.54) is 0 Å². The van der Waals surface area contributed by atoms with E-state index in [9.17, 15) is 0 Å². The maximum absolute atomic E-state index is 8.78. The first-order valence-electron chi connectivity index (χ1n) is 7.64. The quantitative estimate of drug-likeness (QED) is 0.630. The molecule has 0 atom stereocenters. The molecular formula is C21H16N2O. The molecule has 0 unspecified atom stereocenters. The molecule has 0 heterocycles. The fourth-order valence-corrected chi connectivity index (χ4v) is 2.16. The lowest BCUT2D eigenvalue weighted by Crippen LogP contribution is -1.94. The third kappa shape index (κ3) is 4.31. The summed E-state index contributed by atoms with van der Waals surface area (Å²) in [5, 5.41) is 8.78. The van der Waals surface area contributed by atoms with Crippen molar-refractivity contribution in [1.29, 1.82) is 5.26 Å². The van der Waals surface area contributed by atoms with E-state index in [4.69, 9.17) is 10.00 Å². The van der Waals surface area contributed by atoms with Crippen LogP contribution in [0.25, 0.3) is 0 Å². The van der Waals surface area contributed by atoms with Crippen molar-refractivity contribution < 1.29 is 4.74 Å². The van der Waals surface area contributed by atoms with E-state index in [0.29, 0.717) is 12.2 Å². The predicted octanol–water partition coefficient (Wildman–Crippen LogP) is 4.89. The van der Waals surface area contributed by atoms with Crippen LogP contribution in [0.5, 0.6) is 5.75 Å². The zero-order valence-electron chi connectivity index (χ0n) is 13.1. The first-order chi connectivity index (χ1) is 11.8. The molecule has 0 bridgehead atoms. The second kappa shape index (κ2) is 7.75. The van der Waals surface area contributed by atoms with Gasteiger partial charge in [0.15, 0.2) is 0 Å². The number of hydrogen-bond acceptors (Lipinski definition) is 3. The van der Waals surface area contributed by atoms with E-state index in [2.05, 4.69) is 11.1 Å². The summed E-state index contributed by atoms with van der Waals surface area (Å²) >= 11 is 0. The molecule has 0 aliphatic carbocycles. The molecular weight excluding hydrogens is 296 g/mol. The Labute approximate surface area is 141 Å². The lowest BCUT2D eigenvalue weighted by atomic mass is 10.2. The minimum absolute atomic E-state index is 0.555. The van der Waals surface area contributed by atoms with E-state index in [1.54, 1.807) is 18.3 Å². The lowest BCUT2D eigenvalue weighted by Gasteiger charge is -2.06. The van der Waals surface area contributed by atoms with Crippen molar-refractivity contribution in [1.82, 2.24) is 0 Å². The average Bonchev–Trinajstić information content (AvgIpc) is 2.67. The van der Waals surface area contributed by atoms with Crippen LogP contribution in [0.4, 0.5) is 5.69 Å². The lowest BCUT2D eigenvalue weighted by molar-refractivity contribution is 0.306. The molecule has 3 heteroatoms. The number of benzene rings is 3. The third-order valence-corrected chi connectivity index (χ3v) is 3.49. The molecule has 3 aromatic rings. The summed E-state index contributed by atoms with van der Waals surface area (Å²) in [6.07, 6.45) is 1.79. The molecule has 3 nitrogen and oxygen atoms in total. The van der Waals surface area contributed by atoms with Crippen molar-refractivity contribution >= 4 is 11.9 Å². The van der Waals surface area contributed by atoms with E-state index in [-0.39, 0.29) is 0 Å². The maximum atomic E-state index is 8.78. The first kappa shape index (κ1) is 15.5. The first-order valence-corrected chi connectivity index (χ1v) is 7.64. The SMILES string of the molecule is N#Cc1ccc(N=Cc2ccc(OCc3ccccc3)cc2)cc1. The highest BCUT2D eigenvalue weighted by atomic mass is 16.5.